The molecule has 0 radical (unpaired) electrons. The van der Waals surface area contributed by atoms with Gasteiger partial charge in [0.1, 0.15) is 5.69 Å². The molecule has 0 aliphatic heterocycles. The van der Waals surface area contributed by atoms with Gasteiger partial charge in [-0.3, -0.25) is 4.99 Å². The number of rotatable bonds is 2. The van der Waals surface area contributed by atoms with Crippen LogP contribution in [0.15, 0.2) is 4.99 Å². The summed E-state index contributed by atoms with van der Waals surface area (Å²) in [4.78, 5) is 5.03. The fourth-order valence-corrected chi connectivity index (χ4v) is 1.60. The summed E-state index contributed by atoms with van der Waals surface area (Å²) >= 11 is 0. The van der Waals surface area contributed by atoms with Crippen LogP contribution in [0, 0.1) is 29.1 Å². The molecule has 22 heavy (non-hydrogen) atoms. The summed E-state index contributed by atoms with van der Waals surface area (Å²) < 4.78 is 67.9. The summed E-state index contributed by atoms with van der Waals surface area (Å²) in [6, 6.07) is 0. The summed E-state index contributed by atoms with van der Waals surface area (Å²) in [6.45, 7) is 9.92. The Balaban J connectivity index is 3.62. The van der Waals surface area contributed by atoms with Crippen LogP contribution < -0.4 is 4.90 Å². The van der Waals surface area contributed by atoms with Gasteiger partial charge in [0.05, 0.1) is 11.9 Å². The van der Waals surface area contributed by atoms with Gasteiger partial charge in [0.2, 0.25) is 5.82 Å². The molecule has 124 valence electrons. The van der Waals surface area contributed by atoms with Crippen molar-refractivity contribution >= 4 is 12.0 Å². The van der Waals surface area contributed by atoms with Crippen molar-refractivity contribution in [3.63, 3.8) is 0 Å². The lowest BCUT2D eigenvalue weighted by Gasteiger charge is -2.35. The number of aliphatic imine (C=N–C) groups is 1. The predicted molar refractivity (Wildman–Crippen MR) is 76.7 cm³/mol. The highest BCUT2D eigenvalue weighted by Gasteiger charge is 2.33. The number of halogens is 5. The van der Waals surface area contributed by atoms with Crippen molar-refractivity contribution in [3.05, 3.63) is 29.1 Å². The van der Waals surface area contributed by atoms with Crippen molar-refractivity contribution in [3.8, 4) is 0 Å². The van der Waals surface area contributed by atoms with Gasteiger partial charge in [-0.25, -0.2) is 22.0 Å². The van der Waals surface area contributed by atoms with Crippen LogP contribution in [0.2, 0.25) is 0 Å². The molecule has 1 aromatic rings. The first-order valence-electron chi connectivity index (χ1n) is 6.63. The Morgan fingerprint density at radius 3 is 1.41 bits per heavy atom. The van der Waals surface area contributed by atoms with E-state index in [0.717, 1.165) is 11.2 Å². The standard InChI is InChI=1S/C15H19F5N2/c1-14(2,3)21-7-22(15(4,5)6)13-11(19)9(17)8(16)10(18)12(13)20/h7H,1-6H3. The SMILES string of the molecule is CC(C)(C)N=CN(c1c(F)c(F)c(F)c(F)c1F)C(C)(C)C. The molecule has 0 aliphatic rings. The molecule has 0 fully saturated rings. The molecular weight excluding hydrogens is 303 g/mol. The number of hydrogen-bond donors (Lipinski definition) is 0. The monoisotopic (exact) mass is 322 g/mol. The average Bonchev–Trinajstić information content (AvgIpc) is 2.35. The smallest absolute Gasteiger partial charge is 0.200 e. The summed E-state index contributed by atoms with van der Waals surface area (Å²) in [7, 11) is 0. The molecule has 0 amide bonds. The van der Waals surface area contributed by atoms with Gasteiger partial charge >= 0.3 is 0 Å². The first-order valence-corrected chi connectivity index (χ1v) is 6.63. The second kappa shape index (κ2) is 5.85. The van der Waals surface area contributed by atoms with E-state index in [1.807, 2.05) is 0 Å². The fraction of sp³-hybridized carbons (Fsp3) is 0.533. The maximum atomic E-state index is 14.0. The lowest BCUT2D eigenvalue weighted by Crippen LogP contribution is -2.42. The molecule has 0 N–H and O–H groups in total. The van der Waals surface area contributed by atoms with E-state index in [1.54, 1.807) is 41.5 Å². The summed E-state index contributed by atoms with van der Waals surface area (Å²) in [6.07, 6.45) is 1.10. The molecule has 1 rings (SSSR count). The second-order valence-electron chi connectivity index (χ2n) is 6.87. The maximum absolute atomic E-state index is 14.0. The molecule has 0 atom stereocenters. The zero-order valence-corrected chi connectivity index (χ0v) is 13.4. The normalized spacial score (nSPS) is 13.0. The highest BCUT2D eigenvalue weighted by atomic mass is 19.2. The van der Waals surface area contributed by atoms with Crippen molar-refractivity contribution in [1.82, 2.24) is 0 Å². The molecule has 0 spiro atoms. The first kappa shape index (κ1) is 18.4. The Bertz CT molecular complexity index is 568. The Kier molecular flexibility index (Phi) is 4.89. The second-order valence-corrected chi connectivity index (χ2v) is 6.87. The molecule has 0 aromatic heterocycles. The minimum absolute atomic E-state index is 0.576. The van der Waals surface area contributed by atoms with Crippen molar-refractivity contribution in [2.75, 3.05) is 4.90 Å². The molecule has 0 aliphatic carbocycles. The van der Waals surface area contributed by atoms with Gasteiger partial charge in [-0.1, -0.05) is 0 Å². The van der Waals surface area contributed by atoms with Gasteiger partial charge in [-0.05, 0) is 41.5 Å². The van der Waals surface area contributed by atoms with Gasteiger partial charge in [0, 0.05) is 5.54 Å². The van der Waals surface area contributed by atoms with Crippen molar-refractivity contribution < 1.29 is 22.0 Å². The van der Waals surface area contributed by atoms with Crippen LogP contribution in [0.5, 0.6) is 0 Å². The van der Waals surface area contributed by atoms with Crippen LogP contribution in [0.25, 0.3) is 0 Å². The zero-order valence-electron chi connectivity index (χ0n) is 13.4. The van der Waals surface area contributed by atoms with Crippen molar-refractivity contribution in [2.24, 2.45) is 4.99 Å². The lowest BCUT2D eigenvalue weighted by molar-refractivity contribution is 0.376. The molecule has 1 aromatic carbocycles. The summed E-state index contributed by atoms with van der Waals surface area (Å²) in [5.41, 5.74) is -2.54. The van der Waals surface area contributed by atoms with E-state index in [1.165, 1.54) is 0 Å². The van der Waals surface area contributed by atoms with E-state index in [9.17, 15) is 22.0 Å². The Morgan fingerprint density at radius 1 is 0.727 bits per heavy atom. The van der Waals surface area contributed by atoms with Gasteiger partial charge in [0.25, 0.3) is 0 Å². The largest absolute Gasteiger partial charge is 0.322 e. The Morgan fingerprint density at radius 2 is 1.09 bits per heavy atom. The van der Waals surface area contributed by atoms with Crippen LogP contribution >= 0.6 is 0 Å². The predicted octanol–water partition coefficient (Wildman–Crippen LogP) is 4.81. The third-order valence-electron chi connectivity index (χ3n) is 2.71. The highest BCUT2D eigenvalue weighted by Crippen LogP contribution is 2.33. The number of benzene rings is 1. The maximum Gasteiger partial charge on any atom is 0.200 e. The number of anilines is 1. The van der Waals surface area contributed by atoms with E-state index >= 15 is 0 Å². The molecule has 0 unspecified atom stereocenters. The van der Waals surface area contributed by atoms with E-state index in [4.69, 9.17) is 0 Å². The van der Waals surface area contributed by atoms with Crippen LogP contribution in [-0.2, 0) is 0 Å². The Hall–Kier alpha value is -1.66. The lowest BCUT2D eigenvalue weighted by atomic mass is 10.0. The van der Waals surface area contributed by atoms with Gasteiger partial charge < -0.3 is 4.90 Å². The average molecular weight is 322 g/mol. The number of nitrogens with zero attached hydrogens (tertiary/aromatic N) is 2. The van der Waals surface area contributed by atoms with Gasteiger partial charge in [0.15, 0.2) is 23.3 Å². The molecule has 0 heterocycles. The molecular formula is C15H19F5N2. The van der Waals surface area contributed by atoms with E-state index in [-0.39, 0.29) is 0 Å². The molecule has 0 bridgehead atoms. The Labute approximate surface area is 126 Å². The van der Waals surface area contributed by atoms with Crippen LogP contribution in [-0.4, -0.2) is 17.4 Å². The van der Waals surface area contributed by atoms with Crippen LogP contribution in [0.3, 0.4) is 0 Å². The molecule has 0 saturated heterocycles. The zero-order chi connectivity index (χ0) is 17.5. The molecule has 2 nitrogen and oxygen atoms in total. The van der Waals surface area contributed by atoms with E-state index in [0.29, 0.717) is 0 Å². The molecule has 0 saturated carbocycles. The van der Waals surface area contributed by atoms with Crippen LogP contribution in [0.1, 0.15) is 41.5 Å². The van der Waals surface area contributed by atoms with Crippen molar-refractivity contribution in [2.45, 2.75) is 52.6 Å². The van der Waals surface area contributed by atoms with Crippen molar-refractivity contribution in [1.29, 1.82) is 0 Å². The molecule has 7 heteroatoms. The number of hydrogen-bond acceptors (Lipinski definition) is 1. The third-order valence-corrected chi connectivity index (χ3v) is 2.71. The third kappa shape index (κ3) is 3.75. The van der Waals surface area contributed by atoms with Gasteiger partial charge in [-0.15, -0.1) is 0 Å². The summed E-state index contributed by atoms with van der Waals surface area (Å²) in [5.74, 6) is -9.90. The van der Waals surface area contributed by atoms with E-state index in [2.05, 4.69) is 4.99 Å². The van der Waals surface area contributed by atoms with E-state index < -0.39 is 45.9 Å². The highest BCUT2D eigenvalue weighted by molar-refractivity contribution is 5.81. The quantitative estimate of drug-likeness (QED) is 0.251. The van der Waals surface area contributed by atoms with Crippen LogP contribution in [0.4, 0.5) is 27.6 Å². The first-order chi connectivity index (χ1) is 9.77. The minimum Gasteiger partial charge on any atom is -0.322 e. The minimum atomic E-state index is -2.18. The van der Waals surface area contributed by atoms with Gasteiger partial charge in [-0.2, -0.15) is 0 Å². The fourth-order valence-electron chi connectivity index (χ4n) is 1.60. The topological polar surface area (TPSA) is 15.6 Å². The summed E-state index contributed by atoms with van der Waals surface area (Å²) in [5, 5.41) is 0.